The quantitative estimate of drug-likeness (QED) is 0.780. The van der Waals surface area contributed by atoms with Gasteiger partial charge in [0.15, 0.2) is 0 Å². The fourth-order valence-electron chi connectivity index (χ4n) is 2.60. The van der Waals surface area contributed by atoms with E-state index < -0.39 is 5.97 Å². The van der Waals surface area contributed by atoms with Crippen LogP contribution in [0.4, 0.5) is 0 Å². The Morgan fingerprint density at radius 2 is 2.17 bits per heavy atom. The Morgan fingerprint density at radius 3 is 2.72 bits per heavy atom. The van der Waals surface area contributed by atoms with Gasteiger partial charge >= 0.3 is 5.97 Å². The number of rotatable bonds is 4. The Kier molecular flexibility index (Phi) is 3.61. The van der Waals surface area contributed by atoms with Crippen LogP contribution in [0.3, 0.4) is 0 Å². The van der Waals surface area contributed by atoms with E-state index in [1.807, 2.05) is 0 Å². The maximum atomic E-state index is 12.1. The summed E-state index contributed by atoms with van der Waals surface area (Å²) in [7, 11) is 0. The molecule has 0 spiro atoms. The summed E-state index contributed by atoms with van der Waals surface area (Å²) < 4.78 is 0. The molecule has 1 saturated carbocycles. The van der Waals surface area contributed by atoms with E-state index in [1.165, 1.54) is 0 Å². The minimum Gasteiger partial charge on any atom is -0.481 e. The first kappa shape index (κ1) is 13.3. The zero-order chi connectivity index (χ0) is 13.3. The lowest BCUT2D eigenvalue weighted by molar-refractivity contribution is -0.137. The van der Waals surface area contributed by atoms with Gasteiger partial charge in [0, 0.05) is 25.6 Å². The van der Waals surface area contributed by atoms with Crippen molar-refractivity contribution in [2.24, 2.45) is 5.41 Å². The fourth-order valence-corrected chi connectivity index (χ4v) is 2.60. The highest BCUT2D eigenvalue weighted by Crippen LogP contribution is 2.34. The third-order valence-electron chi connectivity index (χ3n) is 3.70. The van der Waals surface area contributed by atoms with Crippen molar-refractivity contribution in [3.8, 4) is 0 Å². The molecule has 1 unspecified atom stereocenters. The second-order valence-corrected chi connectivity index (χ2v) is 6.23. The van der Waals surface area contributed by atoms with Gasteiger partial charge in [-0.25, -0.2) is 0 Å². The van der Waals surface area contributed by atoms with Crippen LogP contribution in [-0.4, -0.2) is 47.1 Å². The third kappa shape index (κ3) is 3.22. The van der Waals surface area contributed by atoms with E-state index in [1.54, 1.807) is 0 Å². The number of carboxylic acid groups (broad SMARTS) is 1. The number of hydrogen-bond acceptors (Lipinski definition) is 3. The van der Waals surface area contributed by atoms with Crippen molar-refractivity contribution in [2.75, 3.05) is 13.1 Å². The molecule has 1 saturated heterocycles. The van der Waals surface area contributed by atoms with Crippen molar-refractivity contribution >= 4 is 11.9 Å². The van der Waals surface area contributed by atoms with Crippen molar-refractivity contribution in [3.05, 3.63) is 0 Å². The molecule has 0 bridgehead atoms. The van der Waals surface area contributed by atoms with E-state index in [9.17, 15) is 9.59 Å². The van der Waals surface area contributed by atoms with Gasteiger partial charge in [-0.3, -0.25) is 14.5 Å². The zero-order valence-corrected chi connectivity index (χ0v) is 11.1. The minimum atomic E-state index is -0.831. The second kappa shape index (κ2) is 4.88. The SMILES string of the molecule is CC1(C)CNC(=O)C(CCC(=O)O)N(C2CC2)C1. The molecule has 1 aliphatic carbocycles. The molecule has 5 nitrogen and oxygen atoms in total. The van der Waals surface area contributed by atoms with Crippen molar-refractivity contribution in [3.63, 3.8) is 0 Å². The normalized spacial score (nSPS) is 28.6. The minimum absolute atomic E-state index is 0.00581. The summed E-state index contributed by atoms with van der Waals surface area (Å²) in [5.74, 6) is -0.837. The van der Waals surface area contributed by atoms with E-state index in [2.05, 4.69) is 24.1 Å². The number of aliphatic carboxylic acids is 1. The predicted molar refractivity (Wildman–Crippen MR) is 67.2 cm³/mol. The molecule has 2 aliphatic rings. The molecule has 5 heteroatoms. The molecule has 1 atom stereocenters. The van der Waals surface area contributed by atoms with Crippen LogP contribution in [0.1, 0.15) is 39.5 Å². The largest absolute Gasteiger partial charge is 0.481 e. The van der Waals surface area contributed by atoms with Crippen LogP contribution in [0, 0.1) is 5.41 Å². The summed E-state index contributed by atoms with van der Waals surface area (Å²) >= 11 is 0. The monoisotopic (exact) mass is 254 g/mol. The Bertz CT molecular complexity index is 350. The molecule has 1 amide bonds. The molecule has 2 rings (SSSR count). The van der Waals surface area contributed by atoms with Crippen LogP contribution in [0.15, 0.2) is 0 Å². The molecule has 0 aromatic heterocycles. The van der Waals surface area contributed by atoms with Gasteiger partial charge < -0.3 is 10.4 Å². The molecule has 1 heterocycles. The van der Waals surface area contributed by atoms with Crippen molar-refractivity contribution in [1.82, 2.24) is 10.2 Å². The molecule has 0 aromatic carbocycles. The lowest BCUT2D eigenvalue weighted by atomic mass is 9.93. The van der Waals surface area contributed by atoms with Crippen LogP contribution in [0.25, 0.3) is 0 Å². The zero-order valence-electron chi connectivity index (χ0n) is 11.1. The smallest absolute Gasteiger partial charge is 0.303 e. The molecule has 2 fully saturated rings. The Balaban J connectivity index is 2.10. The predicted octanol–water partition coefficient (Wildman–Crippen LogP) is 0.840. The number of hydrogen-bond donors (Lipinski definition) is 2. The van der Waals surface area contributed by atoms with E-state index in [0.717, 1.165) is 19.4 Å². The van der Waals surface area contributed by atoms with Gasteiger partial charge in [0.1, 0.15) is 0 Å². The van der Waals surface area contributed by atoms with Crippen LogP contribution in [0.2, 0.25) is 0 Å². The molecular weight excluding hydrogens is 232 g/mol. The van der Waals surface area contributed by atoms with Gasteiger partial charge in [-0.05, 0) is 24.7 Å². The number of amides is 1. The van der Waals surface area contributed by atoms with Crippen LogP contribution in [0.5, 0.6) is 0 Å². The lowest BCUT2D eigenvalue weighted by Gasteiger charge is -2.32. The highest BCUT2D eigenvalue weighted by Gasteiger charge is 2.42. The number of carboxylic acids is 1. The van der Waals surface area contributed by atoms with Gasteiger partial charge in [0.05, 0.1) is 6.04 Å². The Labute approximate surface area is 108 Å². The fraction of sp³-hybridized carbons (Fsp3) is 0.846. The van der Waals surface area contributed by atoms with E-state index >= 15 is 0 Å². The van der Waals surface area contributed by atoms with E-state index in [0.29, 0.717) is 19.0 Å². The number of carbonyl (C=O) groups is 2. The lowest BCUT2D eigenvalue weighted by Crippen LogP contribution is -2.46. The Morgan fingerprint density at radius 1 is 1.50 bits per heavy atom. The summed E-state index contributed by atoms with van der Waals surface area (Å²) in [5, 5.41) is 11.7. The molecule has 102 valence electrons. The van der Waals surface area contributed by atoms with Crippen LogP contribution >= 0.6 is 0 Å². The summed E-state index contributed by atoms with van der Waals surface area (Å²) in [5.41, 5.74) is 0.0518. The second-order valence-electron chi connectivity index (χ2n) is 6.23. The molecule has 0 radical (unpaired) electrons. The van der Waals surface area contributed by atoms with Crippen molar-refractivity contribution < 1.29 is 14.7 Å². The maximum absolute atomic E-state index is 12.1. The van der Waals surface area contributed by atoms with Gasteiger partial charge in [0.2, 0.25) is 5.91 Å². The van der Waals surface area contributed by atoms with Gasteiger partial charge in [-0.1, -0.05) is 13.8 Å². The first-order chi connectivity index (χ1) is 8.39. The van der Waals surface area contributed by atoms with Gasteiger partial charge in [-0.2, -0.15) is 0 Å². The first-order valence-electron chi connectivity index (χ1n) is 6.64. The topological polar surface area (TPSA) is 69.6 Å². The Hall–Kier alpha value is -1.10. The maximum Gasteiger partial charge on any atom is 0.303 e. The standard InChI is InChI=1S/C13H22N2O3/c1-13(2)7-14-12(18)10(5-6-11(16)17)15(8-13)9-3-4-9/h9-10H,3-8H2,1-2H3,(H,14,18)(H,16,17). The number of nitrogens with zero attached hydrogens (tertiary/aromatic N) is 1. The molecule has 0 aromatic rings. The van der Waals surface area contributed by atoms with Gasteiger partial charge in [-0.15, -0.1) is 0 Å². The third-order valence-corrected chi connectivity index (χ3v) is 3.70. The van der Waals surface area contributed by atoms with Crippen LogP contribution in [-0.2, 0) is 9.59 Å². The average molecular weight is 254 g/mol. The highest BCUT2D eigenvalue weighted by molar-refractivity contribution is 5.82. The first-order valence-corrected chi connectivity index (χ1v) is 6.64. The average Bonchev–Trinajstić information content (AvgIpc) is 3.07. The molecule has 18 heavy (non-hydrogen) atoms. The van der Waals surface area contributed by atoms with Gasteiger partial charge in [0.25, 0.3) is 0 Å². The van der Waals surface area contributed by atoms with Crippen LogP contribution < -0.4 is 5.32 Å². The summed E-state index contributed by atoms with van der Waals surface area (Å²) in [6.07, 6.45) is 2.73. The molecule has 2 N–H and O–H groups in total. The van der Waals surface area contributed by atoms with E-state index in [4.69, 9.17) is 5.11 Å². The van der Waals surface area contributed by atoms with Crippen molar-refractivity contribution in [2.45, 2.75) is 51.6 Å². The summed E-state index contributed by atoms with van der Waals surface area (Å²) in [6, 6.07) is 0.210. The summed E-state index contributed by atoms with van der Waals surface area (Å²) in [4.78, 5) is 25.0. The number of nitrogens with one attached hydrogen (secondary N) is 1. The molecular formula is C13H22N2O3. The van der Waals surface area contributed by atoms with E-state index in [-0.39, 0.29) is 23.8 Å². The number of carbonyl (C=O) groups excluding carboxylic acids is 1. The van der Waals surface area contributed by atoms with Crippen molar-refractivity contribution in [1.29, 1.82) is 0 Å². The molecule has 1 aliphatic heterocycles. The summed E-state index contributed by atoms with van der Waals surface area (Å²) in [6.45, 7) is 5.81. The highest BCUT2D eigenvalue weighted by atomic mass is 16.4.